The van der Waals surface area contributed by atoms with Crippen molar-refractivity contribution >= 4 is 11.8 Å². The molecule has 1 atom stereocenters. The van der Waals surface area contributed by atoms with Crippen molar-refractivity contribution in [3.8, 4) is 0 Å². The molecule has 0 saturated carbocycles. The molecule has 0 amide bonds. The number of thioether (sulfide) groups is 1. The minimum Gasteiger partial charge on any atom is -0.389 e. The molecule has 0 spiro atoms. The van der Waals surface area contributed by atoms with E-state index in [0.29, 0.717) is 0 Å². The average Bonchev–Trinajstić information content (AvgIpc) is 2.27. The van der Waals surface area contributed by atoms with Crippen LogP contribution >= 0.6 is 11.8 Å². The SMILES string of the molecule is CSC1CCCN(CC(C)(C)O)CC1. The molecule has 0 bridgehead atoms. The highest BCUT2D eigenvalue weighted by molar-refractivity contribution is 7.99. The third-order valence-corrected chi connectivity index (χ3v) is 3.85. The van der Waals surface area contributed by atoms with Crippen LogP contribution in [0.2, 0.25) is 0 Å². The predicted octanol–water partition coefficient (Wildman–Crippen LogP) is 1.97. The Balaban J connectivity index is 2.34. The Bertz CT molecular complexity index is 167. The molecule has 0 aromatic heterocycles. The van der Waals surface area contributed by atoms with Crippen molar-refractivity contribution in [2.45, 2.75) is 44.0 Å². The van der Waals surface area contributed by atoms with Crippen molar-refractivity contribution in [1.82, 2.24) is 4.90 Å². The molecular formula is C11H23NOS. The third-order valence-electron chi connectivity index (χ3n) is 2.71. The van der Waals surface area contributed by atoms with Gasteiger partial charge in [0.05, 0.1) is 5.60 Å². The van der Waals surface area contributed by atoms with Crippen molar-refractivity contribution in [1.29, 1.82) is 0 Å². The Kier molecular flexibility index (Phi) is 4.74. The summed E-state index contributed by atoms with van der Waals surface area (Å²) in [4.78, 5) is 2.40. The van der Waals surface area contributed by atoms with Gasteiger partial charge in [-0.3, -0.25) is 0 Å². The molecule has 1 fully saturated rings. The van der Waals surface area contributed by atoms with Crippen molar-refractivity contribution in [2.24, 2.45) is 0 Å². The van der Waals surface area contributed by atoms with Crippen LogP contribution in [0.3, 0.4) is 0 Å². The van der Waals surface area contributed by atoms with Crippen LogP contribution < -0.4 is 0 Å². The summed E-state index contributed by atoms with van der Waals surface area (Å²) in [7, 11) is 0. The van der Waals surface area contributed by atoms with Crippen LogP contribution in [0.4, 0.5) is 0 Å². The highest BCUT2D eigenvalue weighted by atomic mass is 32.2. The molecule has 1 heterocycles. The van der Waals surface area contributed by atoms with E-state index in [0.717, 1.165) is 24.9 Å². The maximum atomic E-state index is 9.74. The van der Waals surface area contributed by atoms with E-state index in [1.54, 1.807) is 0 Å². The number of nitrogens with zero attached hydrogens (tertiary/aromatic N) is 1. The lowest BCUT2D eigenvalue weighted by Crippen LogP contribution is -2.39. The summed E-state index contributed by atoms with van der Waals surface area (Å²) in [5, 5.41) is 10.6. The van der Waals surface area contributed by atoms with Gasteiger partial charge in [0.15, 0.2) is 0 Å². The molecule has 1 rings (SSSR count). The lowest BCUT2D eigenvalue weighted by molar-refractivity contribution is 0.0374. The first-order chi connectivity index (χ1) is 6.51. The molecule has 1 unspecified atom stereocenters. The Morgan fingerprint density at radius 3 is 2.64 bits per heavy atom. The lowest BCUT2D eigenvalue weighted by Gasteiger charge is -2.27. The van der Waals surface area contributed by atoms with E-state index >= 15 is 0 Å². The van der Waals surface area contributed by atoms with Crippen LogP contribution in [-0.4, -0.2) is 46.7 Å². The molecule has 0 aromatic carbocycles. The molecule has 84 valence electrons. The summed E-state index contributed by atoms with van der Waals surface area (Å²) in [6, 6.07) is 0. The fraction of sp³-hybridized carbons (Fsp3) is 1.00. The Hall–Kier alpha value is 0.270. The van der Waals surface area contributed by atoms with Crippen molar-refractivity contribution in [3.05, 3.63) is 0 Å². The summed E-state index contributed by atoms with van der Waals surface area (Å²) in [6.07, 6.45) is 6.10. The molecule has 2 nitrogen and oxygen atoms in total. The largest absolute Gasteiger partial charge is 0.389 e. The molecule has 14 heavy (non-hydrogen) atoms. The minimum absolute atomic E-state index is 0.542. The van der Waals surface area contributed by atoms with Gasteiger partial charge in [0, 0.05) is 11.8 Å². The third kappa shape index (κ3) is 4.67. The quantitative estimate of drug-likeness (QED) is 0.782. The number of aliphatic hydroxyl groups is 1. The van der Waals surface area contributed by atoms with Crippen LogP contribution in [0, 0.1) is 0 Å². The second-order valence-electron chi connectivity index (χ2n) is 4.88. The molecule has 0 radical (unpaired) electrons. The van der Waals surface area contributed by atoms with Crippen LogP contribution in [0.5, 0.6) is 0 Å². The van der Waals surface area contributed by atoms with E-state index in [-0.39, 0.29) is 0 Å². The number of hydrogen-bond donors (Lipinski definition) is 1. The highest BCUT2D eigenvalue weighted by Crippen LogP contribution is 2.21. The van der Waals surface area contributed by atoms with Crippen molar-refractivity contribution in [2.75, 3.05) is 25.9 Å². The number of rotatable bonds is 3. The number of β-amino-alcohol motifs (C(OH)–C–C–N with tert-alkyl or cyclic N) is 1. The summed E-state index contributed by atoms with van der Waals surface area (Å²) in [6.45, 7) is 6.90. The highest BCUT2D eigenvalue weighted by Gasteiger charge is 2.21. The molecular weight excluding hydrogens is 194 g/mol. The molecule has 1 aliphatic heterocycles. The molecule has 0 aromatic rings. The Morgan fingerprint density at radius 1 is 1.36 bits per heavy atom. The van der Waals surface area contributed by atoms with Crippen LogP contribution in [0.15, 0.2) is 0 Å². The van der Waals surface area contributed by atoms with Gasteiger partial charge in [-0.1, -0.05) is 0 Å². The Morgan fingerprint density at radius 2 is 2.07 bits per heavy atom. The molecule has 3 heteroatoms. The van der Waals surface area contributed by atoms with Gasteiger partial charge in [-0.25, -0.2) is 0 Å². The van der Waals surface area contributed by atoms with E-state index < -0.39 is 5.60 Å². The van der Waals surface area contributed by atoms with Gasteiger partial charge in [0.25, 0.3) is 0 Å². The maximum absolute atomic E-state index is 9.74. The summed E-state index contributed by atoms with van der Waals surface area (Å²) < 4.78 is 0. The van der Waals surface area contributed by atoms with E-state index in [1.807, 2.05) is 25.6 Å². The van der Waals surface area contributed by atoms with E-state index in [2.05, 4.69) is 11.2 Å². The predicted molar refractivity (Wildman–Crippen MR) is 63.9 cm³/mol. The lowest BCUT2D eigenvalue weighted by atomic mass is 10.1. The fourth-order valence-electron chi connectivity index (χ4n) is 2.07. The summed E-state index contributed by atoms with van der Waals surface area (Å²) in [5.41, 5.74) is -0.542. The zero-order valence-corrected chi connectivity index (χ0v) is 10.4. The normalized spacial score (nSPS) is 26.1. The summed E-state index contributed by atoms with van der Waals surface area (Å²) in [5.74, 6) is 0. The van der Waals surface area contributed by atoms with Crippen LogP contribution in [0.1, 0.15) is 33.1 Å². The summed E-state index contributed by atoms with van der Waals surface area (Å²) >= 11 is 1.99. The first-order valence-electron chi connectivity index (χ1n) is 5.49. The maximum Gasteiger partial charge on any atom is 0.0718 e. The zero-order valence-electron chi connectivity index (χ0n) is 9.62. The monoisotopic (exact) mass is 217 g/mol. The first kappa shape index (κ1) is 12.3. The van der Waals surface area contributed by atoms with Gasteiger partial charge in [-0.05, 0) is 52.5 Å². The minimum atomic E-state index is -0.542. The number of hydrogen-bond acceptors (Lipinski definition) is 3. The van der Waals surface area contributed by atoms with Crippen LogP contribution in [-0.2, 0) is 0 Å². The molecule has 0 aliphatic carbocycles. The van der Waals surface area contributed by atoms with Crippen LogP contribution in [0.25, 0.3) is 0 Å². The van der Waals surface area contributed by atoms with Gasteiger partial charge in [-0.2, -0.15) is 11.8 Å². The van der Waals surface area contributed by atoms with Gasteiger partial charge >= 0.3 is 0 Å². The first-order valence-corrected chi connectivity index (χ1v) is 6.77. The van der Waals surface area contributed by atoms with E-state index in [9.17, 15) is 5.11 Å². The van der Waals surface area contributed by atoms with Gasteiger partial charge in [0.1, 0.15) is 0 Å². The smallest absolute Gasteiger partial charge is 0.0718 e. The van der Waals surface area contributed by atoms with Gasteiger partial charge in [-0.15, -0.1) is 0 Å². The van der Waals surface area contributed by atoms with Gasteiger partial charge < -0.3 is 10.0 Å². The van der Waals surface area contributed by atoms with Crippen molar-refractivity contribution in [3.63, 3.8) is 0 Å². The molecule has 1 N–H and O–H groups in total. The number of likely N-dealkylation sites (tertiary alicyclic amines) is 1. The molecule has 1 aliphatic rings. The molecule has 1 saturated heterocycles. The standard InChI is InChI=1S/C11H23NOS/c1-11(2,13)9-12-7-4-5-10(14-3)6-8-12/h10,13H,4-9H2,1-3H3. The second kappa shape index (κ2) is 5.38. The van der Waals surface area contributed by atoms with E-state index in [4.69, 9.17) is 0 Å². The topological polar surface area (TPSA) is 23.5 Å². The van der Waals surface area contributed by atoms with Gasteiger partial charge in [0.2, 0.25) is 0 Å². The fourth-order valence-corrected chi connectivity index (χ4v) is 2.81. The zero-order chi connectivity index (χ0) is 10.6. The van der Waals surface area contributed by atoms with E-state index in [1.165, 1.54) is 19.3 Å². The van der Waals surface area contributed by atoms with Crippen molar-refractivity contribution < 1.29 is 5.11 Å². The second-order valence-corrected chi connectivity index (χ2v) is 6.02. The average molecular weight is 217 g/mol. The Labute approximate surface area is 92.1 Å².